The van der Waals surface area contributed by atoms with Crippen molar-refractivity contribution in [3.05, 3.63) is 0 Å². The molecule has 0 aromatic carbocycles. The minimum atomic E-state index is -0.495. The van der Waals surface area contributed by atoms with Crippen LogP contribution in [0.25, 0.3) is 0 Å². The van der Waals surface area contributed by atoms with Crippen LogP contribution in [0.3, 0.4) is 0 Å². The minimum absolute atomic E-state index is 0. The Balaban J connectivity index is 0. The van der Waals surface area contributed by atoms with Crippen molar-refractivity contribution in [2.75, 3.05) is 13.6 Å². The number of nitrogens with one attached hydrogen (secondary N) is 1. The molecule has 0 amide bonds. The van der Waals surface area contributed by atoms with Gasteiger partial charge in [-0.3, -0.25) is 9.59 Å². The van der Waals surface area contributed by atoms with E-state index in [9.17, 15) is 9.59 Å². The molecule has 0 saturated heterocycles. The summed E-state index contributed by atoms with van der Waals surface area (Å²) in [7, 11) is 1.65. The molecule has 0 radical (unpaired) electrons. The second kappa shape index (κ2) is 19.8. The van der Waals surface area contributed by atoms with Gasteiger partial charge in [0.15, 0.2) is 0 Å². The van der Waals surface area contributed by atoms with E-state index in [-0.39, 0.29) is 57.9 Å². The average Bonchev–Trinajstić information content (AvgIpc) is 2.45. The van der Waals surface area contributed by atoms with E-state index < -0.39 is 11.9 Å². The molecule has 0 unspecified atom stereocenters. The molecular weight excluding hydrogens is 305 g/mol. The molecule has 0 rings (SSSR count). The van der Waals surface area contributed by atoms with Gasteiger partial charge in [-0.25, -0.2) is 0 Å². The van der Waals surface area contributed by atoms with Crippen molar-refractivity contribution in [3.63, 3.8) is 0 Å². The van der Waals surface area contributed by atoms with Crippen LogP contribution in [0.4, 0.5) is 0 Å². The number of hydrogen-bond donors (Lipinski definition) is 1. The third-order valence-electron chi connectivity index (χ3n) is 3.53. The first-order chi connectivity index (χ1) is 10.2. The monoisotopic (exact) mass is 339 g/mol. The van der Waals surface area contributed by atoms with Gasteiger partial charge in [0.25, 0.3) is 0 Å². The van der Waals surface area contributed by atoms with Crippen LogP contribution in [0.5, 0.6) is 0 Å². The van der Waals surface area contributed by atoms with Crippen LogP contribution >= 0.6 is 0 Å². The fourth-order valence-corrected chi connectivity index (χ4v) is 2.29. The SMILES string of the molecule is CCCCCCCCCCCCCC(=O)OC(=O)CNC.[KH]. The van der Waals surface area contributed by atoms with Crippen LogP contribution in [-0.4, -0.2) is 76.9 Å². The van der Waals surface area contributed by atoms with Gasteiger partial charge in [0.05, 0.1) is 6.54 Å². The number of ether oxygens (including phenoxy) is 1. The summed E-state index contributed by atoms with van der Waals surface area (Å²) in [4.78, 5) is 22.4. The number of likely N-dealkylation sites (N-methyl/N-ethyl adjacent to an activating group) is 1. The van der Waals surface area contributed by atoms with Crippen LogP contribution in [0.1, 0.15) is 84.0 Å². The van der Waals surface area contributed by atoms with Crippen LogP contribution in [-0.2, 0) is 14.3 Å². The van der Waals surface area contributed by atoms with Crippen molar-refractivity contribution >= 4 is 63.3 Å². The maximum atomic E-state index is 11.3. The molecule has 0 aliphatic carbocycles. The molecular formula is C17H34KNO3. The Kier molecular flexibility index (Phi) is 22.5. The normalized spacial score (nSPS) is 10.1. The number of rotatable bonds is 14. The summed E-state index contributed by atoms with van der Waals surface area (Å²) in [5.74, 6) is -0.892. The van der Waals surface area contributed by atoms with Crippen LogP contribution in [0.15, 0.2) is 0 Å². The number of carbonyl (C=O) groups excluding carboxylic acids is 2. The Morgan fingerprint density at radius 1 is 0.773 bits per heavy atom. The molecule has 0 atom stereocenters. The van der Waals surface area contributed by atoms with Crippen LogP contribution < -0.4 is 5.32 Å². The molecule has 4 nitrogen and oxygen atoms in total. The first-order valence-corrected chi connectivity index (χ1v) is 8.58. The Labute approximate surface area is 178 Å². The van der Waals surface area contributed by atoms with Gasteiger partial charge in [0, 0.05) is 6.42 Å². The number of esters is 2. The van der Waals surface area contributed by atoms with E-state index in [1.54, 1.807) is 7.05 Å². The van der Waals surface area contributed by atoms with Crippen molar-refractivity contribution in [2.24, 2.45) is 0 Å². The quantitative estimate of drug-likeness (QED) is 0.228. The number of unbranched alkanes of at least 4 members (excludes halogenated alkanes) is 10. The van der Waals surface area contributed by atoms with Crippen molar-refractivity contribution in [1.29, 1.82) is 0 Å². The second-order valence-electron chi connectivity index (χ2n) is 5.66. The number of carbonyl (C=O) groups is 2. The van der Waals surface area contributed by atoms with Crippen LogP contribution in [0, 0.1) is 0 Å². The molecule has 0 aromatic heterocycles. The molecule has 0 spiro atoms. The molecule has 126 valence electrons. The zero-order chi connectivity index (χ0) is 15.8. The van der Waals surface area contributed by atoms with Gasteiger partial charge in [-0.1, -0.05) is 71.1 Å². The molecule has 0 fully saturated rings. The first kappa shape index (κ1) is 25.0. The van der Waals surface area contributed by atoms with Gasteiger partial charge in [-0.05, 0) is 13.5 Å². The third kappa shape index (κ3) is 18.8. The second-order valence-corrected chi connectivity index (χ2v) is 5.66. The fraction of sp³-hybridized carbons (Fsp3) is 0.882. The predicted octanol–water partition coefficient (Wildman–Crippen LogP) is 3.33. The van der Waals surface area contributed by atoms with E-state index in [0.29, 0.717) is 6.42 Å². The molecule has 5 heteroatoms. The Morgan fingerprint density at radius 3 is 1.68 bits per heavy atom. The van der Waals surface area contributed by atoms with Gasteiger partial charge in [-0.15, -0.1) is 0 Å². The average molecular weight is 340 g/mol. The van der Waals surface area contributed by atoms with E-state index in [2.05, 4.69) is 17.0 Å². The Morgan fingerprint density at radius 2 is 1.23 bits per heavy atom. The van der Waals surface area contributed by atoms with Crippen molar-refractivity contribution in [1.82, 2.24) is 5.32 Å². The van der Waals surface area contributed by atoms with Crippen molar-refractivity contribution in [3.8, 4) is 0 Å². The molecule has 0 aliphatic rings. The standard InChI is InChI=1S/C17H33NO3.K.H/c1-3-4-5-6-7-8-9-10-11-12-13-14-16(19)21-17(20)15-18-2;;/h18H,3-15H2,1-2H3;;. The Bertz CT molecular complexity index is 273. The van der Waals surface area contributed by atoms with Crippen molar-refractivity contribution in [2.45, 2.75) is 84.0 Å². The van der Waals surface area contributed by atoms with E-state index >= 15 is 0 Å². The summed E-state index contributed by atoms with van der Waals surface area (Å²) in [6.45, 7) is 2.33. The van der Waals surface area contributed by atoms with Gasteiger partial charge < -0.3 is 10.1 Å². The van der Waals surface area contributed by atoms with Gasteiger partial charge in [0.2, 0.25) is 0 Å². The van der Waals surface area contributed by atoms with Crippen LogP contribution in [0.2, 0.25) is 0 Å². The molecule has 0 heterocycles. The molecule has 0 bridgehead atoms. The van der Waals surface area contributed by atoms with E-state index in [4.69, 9.17) is 0 Å². The summed E-state index contributed by atoms with van der Waals surface area (Å²) in [6, 6.07) is 0. The number of hydrogen-bond acceptors (Lipinski definition) is 4. The zero-order valence-corrected chi connectivity index (χ0v) is 13.9. The summed E-state index contributed by atoms with van der Waals surface area (Å²) in [6.07, 6.45) is 14.1. The van der Waals surface area contributed by atoms with E-state index in [1.165, 1.54) is 57.8 Å². The molecule has 0 aliphatic heterocycles. The summed E-state index contributed by atoms with van der Waals surface area (Å²) >= 11 is 0. The summed E-state index contributed by atoms with van der Waals surface area (Å²) in [5.41, 5.74) is 0. The molecule has 1 N–H and O–H groups in total. The first-order valence-electron chi connectivity index (χ1n) is 8.58. The van der Waals surface area contributed by atoms with Crippen molar-refractivity contribution < 1.29 is 14.3 Å². The maximum absolute atomic E-state index is 11.3. The summed E-state index contributed by atoms with van der Waals surface area (Å²) < 4.78 is 4.64. The third-order valence-corrected chi connectivity index (χ3v) is 3.53. The summed E-state index contributed by atoms with van der Waals surface area (Å²) in [5, 5.41) is 2.66. The molecule has 0 aromatic rings. The van der Waals surface area contributed by atoms with E-state index in [0.717, 1.165) is 12.8 Å². The van der Waals surface area contributed by atoms with Gasteiger partial charge >= 0.3 is 63.3 Å². The van der Waals surface area contributed by atoms with Gasteiger partial charge in [0.1, 0.15) is 0 Å². The fourth-order valence-electron chi connectivity index (χ4n) is 2.29. The predicted molar refractivity (Wildman–Crippen MR) is 93.3 cm³/mol. The molecule has 0 saturated carbocycles. The topological polar surface area (TPSA) is 55.4 Å². The molecule has 22 heavy (non-hydrogen) atoms. The van der Waals surface area contributed by atoms with Gasteiger partial charge in [-0.2, -0.15) is 0 Å². The van der Waals surface area contributed by atoms with E-state index in [1.807, 2.05) is 0 Å². The zero-order valence-electron chi connectivity index (χ0n) is 13.9. The Hall–Kier alpha value is 0.736.